The molecule has 3 heterocycles. The Labute approximate surface area is 220 Å². The van der Waals surface area contributed by atoms with Gasteiger partial charge in [-0.3, -0.25) is 0 Å². The summed E-state index contributed by atoms with van der Waals surface area (Å²) in [6.45, 7) is 0.250. The number of phenolic OH excluding ortho intramolecular Hbond substituents is 1. The van der Waals surface area contributed by atoms with Crippen molar-refractivity contribution in [2.24, 2.45) is 0 Å². The van der Waals surface area contributed by atoms with Crippen LogP contribution in [-0.4, -0.2) is 20.5 Å². The number of thiophene rings is 2. The van der Waals surface area contributed by atoms with Crippen LogP contribution in [0, 0.1) is 12.3 Å². The first-order valence-electron chi connectivity index (χ1n) is 11.1. The SMILES string of the molecule is C#CCOc1cccc(-c2ccc(-c3ccc(-c4ccc(-c5cccc(O)c5)s4)c4nsnc34)s2)c1. The standard InChI is InChI=1S/C29H18N2O2S3/c1-2-15-33-21-8-4-6-19(17-21)25-12-14-27(35-25)23-10-9-22(28-29(23)31-36-30-28)26-13-11-24(34-26)18-5-3-7-20(32)16-18/h1,3-14,16-17,32H,15H2. The molecule has 36 heavy (non-hydrogen) atoms. The third kappa shape index (κ3) is 4.27. The van der Waals surface area contributed by atoms with Crippen LogP contribution < -0.4 is 4.74 Å². The van der Waals surface area contributed by atoms with Crippen LogP contribution in [0.5, 0.6) is 11.5 Å². The molecule has 0 amide bonds. The topological polar surface area (TPSA) is 55.2 Å². The predicted octanol–water partition coefficient (Wildman–Crippen LogP) is 8.20. The molecule has 1 N–H and O–H groups in total. The Kier molecular flexibility index (Phi) is 5.99. The second-order valence-corrected chi connectivity index (χ2v) is 10.7. The van der Waals surface area contributed by atoms with Crippen LogP contribution in [-0.2, 0) is 0 Å². The normalized spacial score (nSPS) is 11.0. The molecule has 6 rings (SSSR count). The number of fused-ring (bicyclic) bond motifs is 1. The molecule has 0 saturated heterocycles. The Balaban J connectivity index is 1.34. The van der Waals surface area contributed by atoms with Crippen molar-refractivity contribution in [1.82, 2.24) is 8.75 Å². The summed E-state index contributed by atoms with van der Waals surface area (Å²) in [4.78, 5) is 4.49. The Morgan fingerprint density at radius 1 is 0.722 bits per heavy atom. The molecule has 6 aromatic rings. The third-order valence-electron chi connectivity index (χ3n) is 5.73. The summed E-state index contributed by atoms with van der Waals surface area (Å²) in [5.41, 5.74) is 6.03. The number of hydrogen-bond donors (Lipinski definition) is 1. The number of terminal acetylenes is 1. The van der Waals surface area contributed by atoms with E-state index in [2.05, 4.69) is 57.1 Å². The Bertz CT molecular complexity index is 1740. The Morgan fingerprint density at radius 2 is 1.31 bits per heavy atom. The van der Waals surface area contributed by atoms with E-state index in [-0.39, 0.29) is 12.4 Å². The highest BCUT2D eigenvalue weighted by molar-refractivity contribution is 7.19. The highest BCUT2D eigenvalue weighted by Crippen LogP contribution is 2.42. The highest BCUT2D eigenvalue weighted by Gasteiger charge is 2.17. The fourth-order valence-corrected chi connectivity index (χ4v) is 6.69. The van der Waals surface area contributed by atoms with E-state index in [0.717, 1.165) is 58.5 Å². The molecule has 0 aliphatic carbocycles. The van der Waals surface area contributed by atoms with E-state index in [0.29, 0.717) is 0 Å². The molecule has 0 spiro atoms. The maximum atomic E-state index is 9.85. The molecule has 0 fully saturated rings. The molecule has 0 saturated carbocycles. The monoisotopic (exact) mass is 522 g/mol. The number of hydrogen-bond acceptors (Lipinski definition) is 7. The molecule has 0 bridgehead atoms. The van der Waals surface area contributed by atoms with Crippen LogP contribution in [0.4, 0.5) is 0 Å². The average Bonchev–Trinajstić information content (AvgIpc) is 3.68. The van der Waals surface area contributed by atoms with E-state index >= 15 is 0 Å². The lowest BCUT2D eigenvalue weighted by atomic mass is 10.1. The number of aromatic nitrogens is 2. The van der Waals surface area contributed by atoms with E-state index in [1.807, 2.05) is 30.3 Å². The van der Waals surface area contributed by atoms with Crippen LogP contribution in [0.25, 0.3) is 52.8 Å². The van der Waals surface area contributed by atoms with Gasteiger partial charge in [-0.1, -0.05) is 42.3 Å². The molecule has 7 heteroatoms. The summed E-state index contributed by atoms with van der Waals surface area (Å²) in [6, 6.07) is 28.0. The molecule has 0 aliphatic rings. The van der Waals surface area contributed by atoms with Gasteiger partial charge in [0.25, 0.3) is 0 Å². The zero-order valence-corrected chi connectivity index (χ0v) is 21.3. The van der Waals surface area contributed by atoms with Crippen LogP contribution in [0.15, 0.2) is 84.9 Å². The lowest BCUT2D eigenvalue weighted by molar-refractivity contribution is 0.370. The van der Waals surface area contributed by atoms with E-state index < -0.39 is 0 Å². The lowest BCUT2D eigenvalue weighted by Crippen LogP contribution is -1.92. The van der Waals surface area contributed by atoms with Crippen molar-refractivity contribution in [2.45, 2.75) is 0 Å². The summed E-state index contributed by atoms with van der Waals surface area (Å²) in [7, 11) is 0. The molecule has 0 aliphatic heterocycles. The second-order valence-electron chi connectivity index (χ2n) is 8.02. The molecule has 0 radical (unpaired) electrons. The lowest BCUT2D eigenvalue weighted by Gasteiger charge is -2.05. The van der Waals surface area contributed by atoms with Crippen LogP contribution in [0.1, 0.15) is 0 Å². The van der Waals surface area contributed by atoms with Crippen LogP contribution in [0.2, 0.25) is 0 Å². The molecule has 3 aromatic carbocycles. The molecular weight excluding hydrogens is 505 g/mol. The van der Waals surface area contributed by atoms with Gasteiger partial charge >= 0.3 is 0 Å². The van der Waals surface area contributed by atoms with Crippen molar-refractivity contribution >= 4 is 45.4 Å². The summed E-state index contributed by atoms with van der Waals surface area (Å²) >= 11 is 4.63. The molecule has 3 aromatic heterocycles. The molecular formula is C29H18N2O2S3. The fourth-order valence-electron chi connectivity index (χ4n) is 4.06. The smallest absolute Gasteiger partial charge is 0.148 e. The van der Waals surface area contributed by atoms with Gasteiger partial charge < -0.3 is 9.84 Å². The number of aromatic hydroxyl groups is 1. The first-order chi connectivity index (χ1) is 17.7. The van der Waals surface area contributed by atoms with E-state index in [1.54, 1.807) is 34.8 Å². The number of benzene rings is 3. The van der Waals surface area contributed by atoms with Crippen LogP contribution in [0.3, 0.4) is 0 Å². The fraction of sp³-hybridized carbons (Fsp3) is 0.0345. The van der Waals surface area contributed by atoms with Gasteiger partial charge in [-0.05, 0) is 59.7 Å². The molecule has 0 atom stereocenters. The molecule has 0 unspecified atom stereocenters. The van der Waals surface area contributed by atoms with Gasteiger partial charge in [-0.25, -0.2) is 0 Å². The maximum Gasteiger partial charge on any atom is 0.148 e. The summed E-state index contributed by atoms with van der Waals surface area (Å²) in [5, 5.41) is 9.85. The maximum absolute atomic E-state index is 9.85. The van der Waals surface area contributed by atoms with Crippen molar-refractivity contribution in [1.29, 1.82) is 0 Å². The molecule has 174 valence electrons. The van der Waals surface area contributed by atoms with E-state index in [4.69, 9.17) is 11.2 Å². The van der Waals surface area contributed by atoms with E-state index in [1.165, 1.54) is 11.7 Å². The minimum absolute atomic E-state index is 0.250. The van der Waals surface area contributed by atoms with Gasteiger partial charge in [-0.15, -0.1) is 29.1 Å². The summed E-state index contributed by atoms with van der Waals surface area (Å²) in [6.07, 6.45) is 5.32. The number of phenols is 1. The summed E-state index contributed by atoms with van der Waals surface area (Å²) in [5.74, 6) is 3.53. The van der Waals surface area contributed by atoms with Crippen molar-refractivity contribution in [3.8, 4) is 65.6 Å². The van der Waals surface area contributed by atoms with Crippen molar-refractivity contribution in [3.63, 3.8) is 0 Å². The highest BCUT2D eigenvalue weighted by atomic mass is 32.1. The quantitative estimate of drug-likeness (QED) is 0.224. The van der Waals surface area contributed by atoms with Crippen LogP contribution >= 0.6 is 34.4 Å². The molecule has 4 nitrogen and oxygen atoms in total. The largest absolute Gasteiger partial charge is 0.508 e. The van der Waals surface area contributed by atoms with Crippen molar-refractivity contribution in [2.75, 3.05) is 6.61 Å². The predicted molar refractivity (Wildman–Crippen MR) is 151 cm³/mol. The van der Waals surface area contributed by atoms with Crippen molar-refractivity contribution < 1.29 is 9.84 Å². The number of nitrogens with zero attached hydrogens (tertiary/aromatic N) is 2. The minimum atomic E-state index is 0.250. The second kappa shape index (κ2) is 9.59. The van der Waals surface area contributed by atoms with Gasteiger partial charge in [0.05, 0.1) is 11.7 Å². The third-order valence-corrected chi connectivity index (χ3v) is 8.59. The summed E-state index contributed by atoms with van der Waals surface area (Å²) < 4.78 is 14.9. The van der Waals surface area contributed by atoms with Gasteiger partial charge in [0.1, 0.15) is 29.1 Å². The Morgan fingerprint density at radius 3 is 1.92 bits per heavy atom. The van der Waals surface area contributed by atoms with Gasteiger partial charge in [0, 0.05) is 30.6 Å². The van der Waals surface area contributed by atoms with Crippen molar-refractivity contribution in [3.05, 3.63) is 84.9 Å². The number of rotatable bonds is 6. The van der Waals surface area contributed by atoms with Gasteiger partial charge in [-0.2, -0.15) is 8.75 Å². The zero-order valence-electron chi connectivity index (χ0n) is 18.8. The first-order valence-corrected chi connectivity index (χ1v) is 13.5. The first kappa shape index (κ1) is 22.5. The zero-order chi connectivity index (χ0) is 24.5. The average molecular weight is 523 g/mol. The van der Waals surface area contributed by atoms with Gasteiger partial charge in [0.2, 0.25) is 0 Å². The Hall–Kier alpha value is -3.96. The van der Waals surface area contributed by atoms with Gasteiger partial charge in [0.15, 0.2) is 0 Å². The minimum Gasteiger partial charge on any atom is -0.508 e. The number of ether oxygens (including phenoxy) is 1. The van der Waals surface area contributed by atoms with E-state index in [9.17, 15) is 5.11 Å².